The molecule has 10 nitrogen and oxygen atoms in total. The summed E-state index contributed by atoms with van der Waals surface area (Å²) >= 11 is 0. The van der Waals surface area contributed by atoms with E-state index in [9.17, 15) is 24.6 Å². The van der Waals surface area contributed by atoms with Crippen molar-refractivity contribution in [2.75, 3.05) is 6.61 Å². The van der Waals surface area contributed by atoms with Crippen LogP contribution in [0.25, 0.3) is 0 Å². The molecule has 0 aromatic carbocycles. The van der Waals surface area contributed by atoms with Gasteiger partial charge in [-0.3, -0.25) is 14.4 Å². The van der Waals surface area contributed by atoms with E-state index in [1.807, 2.05) is 0 Å². The number of carboxylic acid groups (broad SMARTS) is 1. The second-order valence-electron chi connectivity index (χ2n) is 3.94. The van der Waals surface area contributed by atoms with Crippen molar-refractivity contribution in [3.8, 4) is 0 Å². The first-order valence-electron chi connectivity index (χ1n) is 5.56. The molecular weight excluding hydrogens is 278 g/mol. The molecule has 0 aromatic rings. The van der Waals surface area contributed by atoms with Crippen LogP contribution in [0.3, 0.4) is 0 Å². The van der Waals surface area contributed by atoms with Gasteiger partial charge in [-0.15, -0.1) is 0 Å². The molecule has 10 heteroatoms. The van der Waals surface area contributed by atoms with E-state index in [1.54, 1.807) is 0 Å². The van der Waals surface area contributed by atoms with E-state index in [2.05, 4.69) is 4.74 Å². The van der Waals surface area contributed by atoms with E-state index in [0.29, 0.717) is 0 Å². The zero-order chi connectivity index (χ0) is 15.9. The van der Waals surface area contributed by atoms with E-state index in [1.165, 1.54) is 0 Å². The lowest BCUT2D eigenvalue weighted by Gasteiger charge is -2.26. The molecule has 0 saturated heterocycles. The molecule has 0 heterocycles. The normalized spacial score (nSPS) is 16.8. The third-order valence-corrected chi connectivity index (χ3v) is 2.32. The molecule has 20 heavy (non-hydrogen) atoms. The zero-order valence-corrected chi connectivity index (χ0v) is 10.4. The van der Waals surface area contributed by atoms with E-state index in [4.69, 9.17) is 21.1 Å². The van der Waals surface area contributed by atoms with Crippen LogP contribution in [-0.2, 0) is 19.1 Å². The lowest BCUT2D eigenvalue weighted by molar-refractivity contribution is -0.173. The number of hydrogen-bond donors (Lipinski definition) is 6. The van der Waals surface area contributed by atoms with Gasteiger partial charge in [-0.25, -0.2) is 0 Å². The summed E-state index contributed by atoms with van der Waals surface area (Å²) in [5, 5.41) is 45.0. The monoisotopic (exact) mass is 295 g/mol. The van der Waals surface area contributed by atoms with Crippen molar-refractivity contribution in [2.45, 2.75) is 37.3 Å². The number of esters is 1. The van der Waals surface area contributed by atoms with Crippen molar-refractivity contribution in [2.24, 2.45) is 5.73 Å². The maximum absolute atomic E-state index is 11.2. The Bertz CT molecular complexity index is 359. The number of rotatable bonds is 9. The van der Waals surface area contributed by atoms with Gasteiger partial charge in [0.25, 0.3) is 5.91 Å². The van der Waals surface area contributed by atoms with Crippen molar-refractivity contribution in [1.82, 2.24) is 0 Å². The molecule has 116 valence electrons. The van der Waals surface area contributed by atoms with Crippen LogP contribution < -0.4 is 5.73 Å². The minimum absolute atomic E-state index is 0.553. The topological polar surface area (TPSA) is 188 Å². The highest BCUT2D eigenvalue weighted by molar-refractivity contribution is 5.84. The molecule has 0 radical (unpaired) electrons. The average Bonchev–Trinajstić information content (AvgIpc) is 2.39. The van der Waals surface area contributed by atoms with Crippen molar-refractivity contribution in [3.05, 3.63) is 0 Å². The largest absolute Gasteiger partial charge is 0.481 e. The number of carbonyl (C=O) groups excluding carboxylic acids is 2. The summed E-state index contributed by atoms with van der Waals surface area (Å²) in [6.07, 6.45) is -8.92. The number of aliphatic carboxylic acids is 1. The second kappa shape index (κ2) is 8.43. The standard InChI is InChI=1S/C10H17NO9/c11-10(19)9(8(18)7(17)4(13)3-12)20-6(16)2-1-5(14)15/h4,7-9,12-13,17-18H,1-3H2,(H2,11,19)(H,14,15)/t4-,7-,8+,9-/m1/s1. The van der Waals surface area contributed by atoms with Crippen LogP contribution in [0.5, 0.6) is 0 Å². The van der Waals surface area contributed by atoms with Crippen LogP contribution in [-0.4, -0.2) is 74.4 Å². The molecule has 7 N–H and O–H groups in total. The molecule has 0 saturated carbocycles. The maximum atomic E-state index is 11.2. The number of nitrogens with two attached hydrogens (primary N) is 1. The second-order valence-corrected chi connectivity index (χ2v) is 3.94. The summed E-state index contributed by atoms with van der Waals surface area (Å²) in [6, 6.07) is 0. The van der Waals surface area contributed by atoms with Gasteiger partial charge in [0.1, 0.15) is 18.3 Å². The summed E-state index contributed by atoms with van der Waals surface area (Å²) in [6.45, 7) is -0.906. The Hall–Kier alpha value is -1.75. The molecule has 0 aliphatic heterocycles. The van der Waals surface area contributed by atoms with Crippen LogP contribution >= 0.6 is 0 Å². The highest BCUT2D eigenvalue weighted by atomic mass is 16.6. The van der Waals surface area contributed by atoms with Gasteiger partial charge in [0.15, 0.2) is 0 Å². The minimum atomic E-state index is -2.07. The number of aliphatic hydroxyl groups is 4. The first-order chi connectivity index (χ1) is 9.20. The van der Waals surface area contributed by atoms with Gasteiger partial charge in [-0.2, -0.15) is 0 Å². The number of hydrogen-bond acceptors (Lipinski definition) is 8. The first-order valence-corrected chi connectivity index (χ1v) is 5.56. The number of carboxylic acids is 1. The summed E-state index contributed by atoms with van der Waals surface area (Å²) in [4.78, 5) is 32.5. The Morgan fingerprint density at radius 2 is 1.60 bits per heavy atom. The third kappa shape index (κ3) is 5.93. The Balaban J connectivity index is 4.68. The van der Waals surface area contributed by atoms with Crippen LogP contribution in [0.1, 0.15) is 12.8 Å². The molecule has 0 unspecified atom stereocenters. The molecule has 0 spiro atoms. The number of primary amides is 1. The smallest absolute Gasteiger partial charge is 0.307 e. The number of aliphatic hydroxyl groups excluding tert-OH is 4. The van der Waals surface area contributed by atoms with Crippen LogP contribution in [0.15, 0.2) is 0 Å². The van der Waals surface area contributed by atoms with E-state index < -0.39 is 61.7 Å². The van der Waals surface area contributed by atoms with Gasteiger partial charge in [0.05, 0.1) is 19.4 Å². The van der Waals surface area contributed by atoms with E-state index in [-0.39, 0.29) is 0 Å². The van der Waals surface area contributed by atoms with Gasteiger partial charge >= 0.3 is 11.9 Å². The fraction of sp³-hybridized carbons (Fsp3) is 0.700. The first kappa shape index (κ1) is 18.2. The predicted molar refractivity (Wildman–Crippen MR) is 61.1 cm³/mol. The van der Waals surface area contributed by atoms with Crippen LogP contribution in [0.4, 0.5) is 0 Å². The maximum Gasteiger partial charge on any atom is 0.307 e. The Labute approximate surface area is 113 Å². The number of carbonyl (C=O) groups is 3. The van der Waals surface area contributed by atoms with Gasteiger partial charge in [0, 0.05) is 0 Å². The van der Waals surface area contributed by atoms with Crippen LogP contribution in [0, 0.1) is 0 Å². The van der Waals surface area contributed by atoms with Crippen molar-refractivity contribution in [1.29, 1.82) is 0 Å². The van der Waals surface area contributed by atoms with Gasteiger partial charge in [-0.05, 0) is 0 Å². The molecule has 0 rings (SSSR count). The van der Waals surface area contributed by atoms with Crippen molar-refractivity contribution < 1.29 is 44.7 Å². The van der Waals surface area contributed by atoms with E-state index >= 15 is 0 Å². The van der Waals surface area contributed by atoms with E-state index in [0.717, 1.165) is 0 Å². The van der Waals surface area contributed by atoms with Gasteiger partial charge in [0.2, 0.25) is 6.10 Å². The fourth-order valence-corrected chi connectivity index (χ4v) is 1.22. The highest BCUT2D eigenvalue weighted by Crippen LogP contribution is 2.10. The molecule has 0 aliphatic rings. The molecule has 0 aliphatic carbocycles. The minimum Gasteiger partial charge on any atom is -0.481 e. The SMILES string of the molecule is NC(=O)[C@H](OC(=O)CCC(=O)O)[C@@H](O)[C@H](O)[C@H](O)CO. The summed E-state index contributed by atoms with van der Waals surface area (Å²) in [5.41, 5.74) is 4.87. The van der Waals surface area contributed by atoms with Gasteiger partial charge < -0.3 is 36.0 Å². The zero-order valence-electron chi connectivity index (χ0n) is 10.4. The summed E-state index contributed by atoms with van der Waals surface area (Å²) in [7, 11) is 0. The number of amides is 1. The highest BCUT2D eigenvalue weighted by Gasteiger charge is 2.37. The van der Waals surface area contributed by atoms with Crippen LogP contribution in [0.2, 0.25) is 0 Å². The quantitative estimate of drug-likeness (QED) is 0.233. The fourth-order valence-electron chi connectivity index (χ4n) is 1.22. The lowest BCUT2D eigenvalue weighted by atomic mass is 10.0. The molecule has 0 aromatic heterocycles. The van der Waals surface area contributed by atoms with Crippen molar-refractivity contribution in [3.63, 3.8) is 0 Å². The Morgan fingerprint density at radius 1 is 1.05 bits per heavy atom. The number of ether oxygens (including phenoxy) is 1. The summed E-state index contributed by atoms with van der Waals surface area (Å²) < 4.78 is 4.46. The predicted octanol–water partition coefficient (Wildman–Crippen LogP) is -3.68. The molecule has 4 atom stereocenters. The van der Waals surface area contributed by atoms with Crippen molar-refractivity contribution >= 4 is 17.8 Å². The molecule has 1 amide bonds. The molecule has 0 bridgehead atoms. The van der Waals surface area contributed by atoms with Gasteiger partial charge in [-0.1, -0.05) is 0 Å². The Morgan fingerprint density at radius 3 is 2.00 bits per heavy atom. The third-order valence-electron chi connectivity index (χ3n) is 2.32. The molecule has 0 fully saturated rings. The molecular formula is C10H17NO9. The lowest BCUT2D eigenvalue weighted by Crippen LogP contribution is -2.52. The Kier molecular flexibility index (Phi) is 7.69. The summed E-state index contributed by atoms with van der Waals surface area (Å²) in [5.74, 6) is -3.69. The average molecular weight is 295 g/mol.